The third-order valence-electron chi connectivity index (χ3n) is 5.13. The lowest BCUT2D eigenvalue weighted by molar-refractivity contribution is -0.142. The SMILES string of the molecule is Cc1cc(C(C(=O)NCc2ccccc2)N(CCO)C(=O)C(C)NC(=O)OC(C)(C)C)ccc1O. The summed E-state index contributed by atoms with van der Waals surface area (Å²) in [5, 5.41) is 25.0. The fourth-order valence-corrected chi connectivity index (χ4v) is 3.47. The summed E-state index contributed by atoms with van der Waals surface area (Å²) in [5.74, 6) is -0.988. The van der Waals surface area contributed by atoms with E-state index in [2.05, 4.69) is 10.6 Å². The van der Waals surface area contributed by atoms with Crippen molar-refractivity contribution in [3.63, 3.8) is 0 Å². The Morgan fingerprint density at radius 2 is 1.74 bits per heavy atom. The lowest BCUT2D eigenvalue weighted by Crippen LogP contribution is -2.52. The van der Waals surface area contributed by atoms with Crippen LogP contribution in [0, 0.1) is 6.92 Å². The highest BCUT2D eigenvalue weighted by Gasteiger charge is 2.34. The Hall–Kier alpha value is -3.59. The molecule has 2 aromatic carbocycles. The van der Waals surface area contributed by atoms with Gasteiger partial charge in [-0.05, 0) is 63.4 Å². The maximum absolute atomic E-state index is 13.4. The van der Waals surface area contributed by atoms with Crippen molar-refractivity contribution in [2.24, 2.45) is 0 Å². The number of nitrogens with one attached hydrogen (secondary N) is 2. The fraction of sp³-hybridized carbons (Fsp3) is 0.423. The van der Waals surface area contributed by atoms with Crippen molar-refractivity contribution in [1.82, 2.24) is 15.5 Å². The molecule has 35 heavy (non-hydrogen) atoms. The summed E-state index contributed by atoms with van der Waals surface area (Å²) in [6, 6.07) is 11.8. The van der Waals surface area contributed by atoms with Gasteiger partial charge in [0.2, 0.25) is 11.8 Å². The summed E-state index contributed by atoms with van der Waals surface area (Å²) >= 11 is 0. The molecule has 0 spiro atoms. The normalized spacial score (nSPS) is 12.9. The third-order valence-corrected chi connectivity index (χ3v) is 5.13. The number of phenolic OH excluding ortho intramolecular Hbond substituents is 1. The molecule has 2 aromatic rings. The van der Waals surface area contributed by atoms with Crippen molar-refractivity contribution in [2.45, 2.75) is 58.8 Å². The maximum atomic E-state index is 13.4. The van der Waals surface area contributed by atoms with Gasteiger partial charge in [-0.25, -0.2) is 4.79 Å². The minimum Gasteiger partial charge on any atom is -0.508 e. The number of aliphatic hydroxyl groups excluding tert-OH is 1. The number of phenols is 1. The summed E-state index contributed by atoms with van der Waals surface area (Å²) in [5.41, 5.74) is 1.11. The van der Waals surface area contributed by atoms with Crippen molar-refractivity contribution in [1.29, 1.82) is 0 Å². The Bertz CT molecular complexity index is 1020. The minimum absolute atomic E-state index is 0.0530. The van der Waals surface area contributed by atoms with E-state index < -0.39 is 42.2 Å². The molecular formula is C26H35N3O6. The molecule has 0 fully saturated rings. The molecule has 2 rings (SSSR count). The minimum atomic E-state index is -1.11. The Morgan fingerprint density at radius 3 is 2.31 bits per heavy atom. The first-order valence-corrected chi connectivity index (χ1v) is 11.4. The number of aliphatic hydroxyl groups is 1. The predicted molar refractivity (Wildman–Crippen MR) is 132 cm³/mol. The van der Waals surface area contributed by atoms with Gasteiger partial charge in [-0.2, -0.15) is 0 Å². The predicted octanol–water partition coefficient (Wildman–Crippen LogP) is 2.79. The number of aryl methyl sites for hydroxylation is 1. The van der Waals surface area contributed by atoms with Crippen LogP contribution in [0.3, 0.4) is 0 Å². The molecule has 4 N–H and O–H groups in total. The third kappa shape index (κ3) is 8.29. The molecule has 0 saturated carbocycles. The molecule has 0 saturated heterocycles. The molecular weight excluding hydrogens is 450 g/mol. The van der Waals surface area contributed by atoms with E-state index in [-0.39, 0.29) is 18.8 Å². The summed E-state index contributed by atoms with van der Waals surface area (Å²) < 4.78 is 5.23. The molecule has 2 atom stereocenters. The monoisotopic (exact) mass is 485 g/mol. The standard InChI is InChI=1S/C26H35N3O6/c1-17-15-20(11-12-21(17)31)22(23(32)27-16-19-9-7-6-8-10-19)29(13-14-30)24(33)18(2)28-25(34)35-26(3,4)5/h6-12,15,18,22,30-31H,13-14,16H2,1-5H3,(H,27,32)(H,28,34). The van der Waals surface area contributed by atoms with Crippen molar-refractivity contribution in [3.05, 3.63) is 65.2 Å². The number of carbonyl (C=O) groups excluding carboxylic acids is 3. The van der Waals surface area contributed by atoms with E-state index in [9.17, 15) is 24.6 Å². The van der Waals surface area contributed by atoms with Crippen LogP contribution in [0.15, 0.2) is 48.5 Å². The lowest BCUT2D eigenvalue weighted by Gasteiger charge is -2.33. The highest BCUT2D eigenvalue weighted by Crippen LogP contribution is 2.27. The van der Waals surface area contributed by atoms with Crippen LogP contribution in [-0.2, 0) is 20.9 Å². The number of nitrogens with zero attached hydrogens (tertiary/aromatic N) is 1. The smallest absolute Gasteiger partial charge is 0.408 e. The number of aromatic hydroxyl groups is 1. The van der Waals surface area contributed by atoms with Crippen LogP contribution < -0.4 is 10.6 Å². The van der Waals surface area contributed by atoms with Gasteiger partial charge in [0.1, 0.15) is 23.4 Å². The number of alkyl carbamates (subject to hydrolysis) is 1. The molecule has 0 aliphatic heterocycles. The van der Waals surface area contributed by atoms with Crippen molar-refractivity contribution in [3.8, 4) is 5.75 Å². The van der Waals surface area contributed by atoms with E-state index in [4.69, 9.17) is 4.74 Å². The van der Waals surface area contributed by atoms with Crippen LogP contribution in [0.2, 0.25) is 0 Å². The summed E-state index contributed by atoms with van der Waals surface area (Å²) in [7, 11) is 0. The molecule has 0 bridgehead atoms. The van der Waals surface area contributed by atoms with Gasteiger partial charge in [0.15, 0.2) is 0 Å². The Morgan fingerprint density at radius 1 is 1.09 bits per heavy atom. The first-order chi connectivity index (χ1) is 16.4. The number of ether oxygens (including phenoxy) is 1. The quantitative estimate of drug-likeness (QED) is 0.432. The van der Waals surface area contributed by atoms with Crippen LogP contribution in [0.25, 0.3) is 0 Å². The van der Waals surface area contributed by atoms with Crippen LogP contribution >= 0.6 is 0 Å². The van der Waals surface area contributed by atoms with Gasteiger partial charge in [0.25, 0.3) is 0 Å². The van der Waals surface area contributed by atoms with E-state index in [1.165, 1.54) is 17.9 Å². The number of hydrogen-bond acceptors (Lipinski definition) is 6. The molecule has 0 aliphatic carbocycles. The van der Waals surface area contributed by atoms with Gasteiger partial charge in [0.05, 0.1) is 6.61 Å². The number of amides is 3. The van der Waals surface area contributed by atoms with Gasteiger partial charge < -0.3 is 30.5 Å². The van der Waals surface area contributed by atoms with Crippen LogP contribution in [0.1, 0.15) is 50.4 Å². The highest BCUT2D eigenvalue weighted by molar-refractivity contribution is 5.92. The van der Waals surface area contributed by atoms with Gasteiger partial charge in [0, 0.05) is 13.1 Å². The number of rotatable bonds is 9. The average Bonchev–Trinajstić information content (AvgIpc) is 2.78. The van der Waals surface area contributed by atoms with Gasteiger partial charge in [-0.1, -0.05) is 36.4 Å². The topological polar surface area (TPSA) is 128 Å². The van der Waals surface area contributed by atoms with Crippen molar-refractivity contribution >= 4 is 17.9 Å². The molecule has 0 aromatic heterocycles. The summed E-state index contributed by atoms with van der Waals surface area (Å²) in [4.78, 5) is 40.2. The Kier molecular flexibility index (Phi) is 9.65. The lowest BCUT2D eigenvalue weighted by atomic mass is 10.00. The molecule has 2 unspecified atom stereocenters. The largest absolute Gasteiger partial charge is 0.508 e. The van der Waals surface area contributed by atoms with Crippen molar-refractivity contribution in [2.75, 3.05) is 13.2 Å². The zero-order valence-corrected chi connectivity index (χ0v) is 20.9. The van der Waals surface area contributed by atoms with Crippen molar-refractivity contribution < 1.29 is 29.3 Å². The molecule has 9 nitrogen and oxygen atoms in total. The maximum Gasteiger partial charge on any atom is 0.408 e. The van der Waals surface area contributed by atoms with Gasteiger partial charge >= 0.3 is 6.09 Å². The second-order valence-corrected chi connectivity index (χ2v) is 9.28. The number of hydrogen-bond donors (Lipinski definition) is 4. The fourth-order valence-electron chi connectivity index (χ4n) is 3.47. The van der Waals surface area contributed by atoms with E-state index in [0.29, 0.717) is 11.1 Å². The number of benzene rings is 2. The summed E-state index contributed by atoms with van der Waals surface area (Å²) in [6.45, 7) is 7.97. The average molecular weight is 486 g/mol. The molecule has 0 aliphatic rings. The Balaban J connectivity index is 2.35. The first-order valence-electron chi connectivity index (χ1n) is 11.4. The summed E-state index contributed by atoms with van der Waals surface area (Å²) in [6.07, 6.45) is -0.771. The van der Waals surface area contributed by atoms with Crippen LogP contribution in [0.5, 0.6) is 5.75 Å². The number of carbonyl (C=O) groups is 3. The Labute approximate surface area is 206 Å². The van der Waals surface area contributed by atoms with Gasteiger partial charge in [-0.3, -0.25) is 9.59 Å². The second-order valence-electron chi connectivity index (χ2n) is 9.28. The van der Waals surface area contributed by atoms with E-state index in [0.717, 1.165) is 5.56 Å². The first kappa shape index (κ1) is 27.7. The molecule has 0 radical (unpaired) electrons. The zero-order chi connectivity index (χ0) is 26.2. The van der Waals surface area contributed by atoms with E-state index in [1.807, 2.05) is 30.3 Å². The van der Waals surface area contributed by atoms with E-state index >= 15 is 0 Å². The highest BCUT2D eigenvalue weighted by atomic mass is 16.6. The van der Waals surface area contributed by atoms with Crippen LogP contribution in [-0.4, -0.2) is 57.8 Å². The zero-order valence-electron chi connectivity index (χ0n) is 20.9. The molecule has 9 heteroatoms. The van der Waals surface area contributed by atoms with Gasteiger partial charge in [-0.15, -0.1) is 0 Å². The molecule has 190 valence electrons. The molecule has 3 amide bonds. The van der Waals surface area contributed by atoms with E-state index in [1.54, 1.807) is 39.8 Å². The second kappa shape index (κ2) is 12.2. The molecule has 0 heterocycles. The van der Waals surface area contributed by atoms with Crippen LogP contribution in [0.4, 0.5) is 4.79 Å².